The smallest absolute Gasteiger partial charge is 0.0485 e. The molecule has 0 amide bonds. The first-order chi connectivity index (χ1) is 11.7. The van der Waals surface area contributed by atoms with Crippen molar-refractivity contribution in [2.24, 2.45) is 0 Å². The van der Waals surface area contributed by atoms with Crippen LogP contribution in [0.5, 0.6) is 0 Å². The molecule has 1 aromatic heterocycles. The van der Waals surface area contributed by atoms with Crippen molar-refractivity contribution in [1.29, 1.82) is 0 Å². The molecule has 2 heterocycles. The van der Waals surface area contributed by atoms with Crippen LogP contribution in [0.3, 0.4) is 0 Å². The summed E-state index contributed by atoms with van der Waals surface area (Å²) in [5.74, 6) is 0. The van der Waals surface area contributed by atoms with E-state index < -0.39 is 0 Å². The summed E-state index contributed by atoms with van der Waals surface area (Å²) in [6.45, 7) is 4.96. The predicted molar refractivity (Wildman–Crippen MR) is 102 cm³/mol. The Kier molecular flexibility index (Phi) is 4.64. The number of hydrogen-bond acceptors (Lipinski definition) is 2. The van der Waals surface area contributed by atoms with Crippen LogP contribution in [0.1, 0.15) is 36.9 Å². The van der Waals surface area contributed by atoms with E-state index in [0.717, 1.165) is 6.54 Å². The van der Waals surface area contributed by atoms with Crippen LogP contribution >= 0.6 is 0 Å². The molecule has 1 aliphatic heterocycles. The van der Waals surface area contributed by atoms with E-state index in [1.165, 1.54) is 69.1 Å². The minimum atomic E-state index is 0.693. The Morgan fingerprint density at radius 3 is 2.62 bits per heavy atom. The molecule has 1 atom stereocenters. The van der Waals surface area contributed by atoms with Gasteiger partial charge < -0.3 is 14.4 Å². The normalized spacial score (nSPS) is 22.2. The van der Waals surface area contributed by atoms with Crippen molar-refractivity contribution < 1.29 is 0 Å². The van der Waals surface area contributed by atoms with Crippen LogP contribution in [0, 0.1) is 0 Å². The van der Waals surface area contributed by atoms with Crippen LogP contribution in [0.4, 0.5) is 0 Å². The number of piperidine rings is 1. The van der Waals surface area contributed by atoms with Crippen LogP contribution in [-0.2, 0) is 19.4 Å². The van der Waals surface area contributed by atoms with Gasteiger partial charge in [0.2, 0.25) is 0 Å². The SMILES string of the molecule is CN(C)C1CCc2c(c3ccccc3n2CCN2CCCCC2)C1. The van der Waals surface area contributed by atoms with Crippen LogP contribution in [-0.4, -0.2) is 54.1 Å². The molecule has 0 spiro atoms. The Morgan fingerprint density at radius 1 is 1.04 bits per heavy atom. The Morgan fingerprint density at radius 2 is 1.83 bits per heavy atom. The molecule has 2 aromatic rings. The molecule has 3 heteroatoms. The molecule has 0 radical (unpaired) electrons. The van der Waals surface area contributed by atoms with Crippen LogP contribution in [0.15, 0.2) is 24.3 Å². The zero-order chi connectivity index (χ0) is 16.5. The molecular weight excluding hydrogens is 294 g/mol. The fourth-order valence-corrected chi connectivity index (χ4v) is 4.70. The summed E-state index contributed by atoms with van der Waals surface area (Å²) in [6.07, 6.45) is 7.92. The number of aromatic nitrogens is 1. The van der Waals surface area contributed by atoms with Gasteiger partial charge in [0.15, 0.2) is 0 Å². The number of hydrogen-bond donors (Lipinski definition) is 0. The second-order valence-corrected chi connectivity index (χ2v) is 7.86. The van der Waals surface area contributed by atoms with Crippen molar-refractivity contribution in [3.05, 3.63) is 35.5 Å². The summed E-state index contributed by atoms with van der Waals surface area (Å²) in [4.78, 5) is 5.07. The molecular formula is C21H31N3. The van der Waals surface area contributed by atoms with Crippen molar-refractivity contribution in [3.63, 3.8) is 0 Å². The van der Waals surface area contributed by atoms with Crippen LogP contribution in [0.25, 0.3) is 10.9 Å². The highest BCUT2D eigenvalue weighted by atomic mass is 15.2. The molecule has 3 nitrogen and oxygen atoms in total. The molecule has 1 aromatic carbocycles. The minimum Gasteiger partial charge on any atom is -0.343 e. The maximum Gasteiger partial charge on any atom is 0.0485 e. The zero-order valence-corrected chi connectivity index (χ0v) is 15.3. The molecule has 2 aliphatic rings. The van der Waals surface area contributed by atoms with Crippen molar-refractivity contribution in [2.45, 2.75) is 51.1 Å². The van der Waals surface area contributed by atoms with Gasteiger partial charge in [0, 0.05) is 35.7 Å². The van der Waals surface area contributed by atoms with Gasteiger partial charge in [-0.15, -0.1) is 0 Å². The first-order valence-corrected chi connectivity index (χ1v) is 9.72. The predicted octanol–water partition coefficient (Wildman–Crippen LogP) is 3.55. The molecule has 0 bridgehead atoms. The van der Waals surface area contributed by atoms with Gasteiger partial charge in [-0.1, -0.05) is 24.6 Å². The van der Waals surface area contributed by atoms with Crippen molar-refractivity contribution in [1.82, 2.24) is 14.4 Å². The molecule has 1 saturated heterocycles. The highest BCUT2D eigenvalue weighted by Gasteiger charge is 2.26. The number of benzene rings is 1. The fourth-order valence-electron chi connectivity index (χ4n) is 4.70. The molecule has 130 valence electrons. The maximum atomic E-state index is 2.66. The van der Waals surface area contributed by atoms with Gasteiger partial charge in [0.05, 0.1) is 0 Å². The van der Waals surface area contributed by atoms with Gasteiger partial charge in [0.25, 0.3) is 0 Å². The van der Waals surface area contributed by atoms with E-state index >= 15 is 0 Å². The molecule has 1 unspecified atom stereocenters. The summed E-state index contributed by atoms with van der Waals surface area (Å²) in [7, 11) is 4.45. The number of likely N-dealkylation sites (tertiary alicyclic amines) is 1. The van der Waals surface area contributed by atoms with Gasteiger partial charge >= 0.3 is 0 Å². The Hall–Kier alpha value is -1.32. The van der Waals surface area contributed by atoms with E-state index in [1.54, 1.807) is 11.3 Å². The van der Waals surface area contributed by atoms with E-state index in [0.29, 0.717) is 6.04 Å². The third-order valence-electron chi connectivity index (χ3n) is 6.17. The van der Waals surface area contributed by atoms with Crippen molar-refractivity contribution >= 4 is 10.9 Å². The first-order valence-electron chi connectivity index (χ1n) is 9.72. The van der Waals surface area contributed by atoms with Gasteiger partial charge in [0.1, 0.15) is 0 Å². The summed E-state index contributed by atoms with van der Waals surface area (Å²) in [5, 5.41) is 1.50. The van der Waals surface area contributed by atoms with Gasteiger partial charge in [-0.05, 0) is 70.9 Å². The summed E-state index contributed by atoms with van der Waals surface area (Å²) >= 11 is 0. The molecule has 0 saturated carbocycles. The summed E-state index contributed by atoms with van der Waals surface area (Å²) in [6, 6.07) is 9.77. The lowest BCUT2D eigenvalue weighted by Crippen LogP contribution is -2.35. The quantitative estimate of drug-likeness (QED) is 0.852. The third-order valence-corrected chi connectivity index (χ3v) is 6.17. The lowest BCUT2D eigenvalue weighted by molar-refractivity contribution is 0.220. The second kappa shape index (κ2) is 6.89. The Bertz CT molecular complexity index is 694. The zero-order valence-electron chi connectivity index (χ0n) is 15.3. The molecule has 1 aliphatic carbocycles. The number of nitrogens with zero attached hydrogens (tertiary/aromatic N) is 3. The number of rotatable bonds is 4. The maximum absolute atomic E-state index is 2.66. The Balaban J connectivity index is 1.63. The standard InChI is InChI=1S/C21H31N3/c1-22(2)17-10-11-21-19(16-17)18-8-4-5-9-20(18)24(21)15-14-23-12-6-3-7-13-23/h4-5,8-9,17H,3,6-7,10-16H2,1-2H3. The van der Waals surface area contributed by atoms with E-state index in [-0.39, 0.29) is 0 Å². The average molecular weight is 326 g/mol. The van der Waals surface area contributed by atoms with E-state index in [9.17, 15) is 0 Å². The molecule has 24 heavy (non-hydrogen) atoms. The number of likely N-dealkylation sites (N-methyl/N-ethyl adjacent to an activating group) is 1. The van der Waals surface area contributed by atoms with Crippen molar-refractivity contribution in [3.8, 4) is 0 Å². The largest absolute Gasteiger partial charge is 0.343 e. The van der Waals surface area contributed by atoms with E-state index in [1.807, 2.05) is 0 Å². The third kappa shape index (κ3) is 3.00. The lowest BCUT2D eigenvalue weighted by Gasteiger charge is -2.30. The van der Waals surface area contributed by atoms with E-state index in [4.69, 9.17) is 0 Å². The first kappa shape index (κ1) is 16.2. The summed E-state index contributed by atoms with van der Waals surface area (Å²) in [5.41, 5.74) is 4.69. The molecule has 1 fully saturated rings. The Labute approximate surface area is 146 Å². The number of para-hydroxylation sites is 1. The van der Waals surface area contributed by atoms with Gasteiger partial charge in [-0.2, -0.15) is 0 Å². The van der Waals surface area contributed by atoms with E-state index in [2.05, 4.69) is 52.7 Å². The highest BCUT2D eigenvalue weighted by Crippen LogP contribution is 2.33. The van der Waals surface area contributed by atoms with Crippen LogP contribution in [0.2, 0.25) is 0 Å². The second-order valence-electron chi connectivity index (χ2n) is 7.86. The fraction of sp³-hybridized carbons (Fsp3) is 0.619. The number of fused-ring (bicyclic) bond motifs is 3. The summed E-state index contributed by atoms with van der Waals surface area (Å²) < 4.78 is 2.64. The van der Waals surface area contributed by atoms with Crippen molar-refractivity contribution in [2.75, 3.05) is 33.7 Å². The lowest BCUT2D eigenvalue weighted by atomic mass is 9.91. The van der Waals surface area contributed by atoms with Gasteiger partial charge in [-0.3, -0.25) is 0 Å². The van der Waals surface area contributed by atoms with Crippen LogP contribution < -0.4 is 0 Å². The minimum absolute atomic E-state index is 0.693. The monoisotopic (exact) mass is 325 g/mol. The topological polar surface area (TPSA) is 11.4 Å². The molecule has 0 N–H and O–H groups in total. The van der Waals surface area contributed by atoms with Gasteiger partial charge in [-0.25, -0.2) is 0 Å². The highest BCUT2D eigenvalue weighted by molar-refractivity contribution is 5.86. The molecule has 4 rings (SSSR count). The average Bonchev–Trinajstić information content (AvgIpc) is 2.94.